The van der Waals surface area contributed by atoms with Crippen LogP contribution >= 0.6 is 12.4 Å². The highest BCUT2D eigenvalue weighted by Crippen LogP contribution is 2.28. The molecule has 1 saturated heterocycles. The van der Waals surface area contributed by atoms with E-state index >= 15 is 0 Å². The van der Waals surface area contributed by atoms with Gasteiger partial charge in [0, 0.05) is 42.9 Å². The van der Waals surface area contributed by atoms with Gasteiger partial charge in [0.05, 0.1) is 5.69 Å². The van der Waals surface area contributed by atoms with Crippen LogP contribution in [-0.2, 0) is 13.5 Å². The summed E-state index contributed by atoms with van der Waals surface area (Å²) in [6, 6.07) is 11.5. The van der Waals surface area contributed by atoms with Gasteiger partial charge in [-0.25, -0.2) is 8.78 Å². The van der Waals surface area contributed by atoms with Gasteiger partial charge in [-0.15, -0.1) is 12.4 Å². The third-order valence-electron chi connectivity index (χ3n) is 6.15. The second kappa shape index (κ2) is 10.9. The molecule has 3 aromatic rings. The van der Waals surface area contributed by atoms with Crippen LogP contribution in [0.3, 0.4) is 0 Å². The number of carbonyl (C=O) groups excluding carboxylic acids is 1. The Kier molecular flexibility index (Phi) is 8.21. The van der Waals surface area contributed by atoms with Crippen molar-refractivity contribution in [2.24, 2.45) is 7.05 Å². The molecule has 0 saturated carbocycles. The molecule has 176 valence electrons. The Morgan fingerprint density at radius 2 is 2.00 bits per heavy atom. The summed E-state index contributed by atoms with van der Waals surface area (Å²) in [6.45, 7) is 3.44. The molecule has 0 unspecified atom stereocenters. The second-order valence-corrected chi connectivity index (χ2v) is 8.31. The lowest BCUT2D eigenvalue weighted by molar-refractivity contribution is 0.0924. The van der Waals surface area contributed by atoms with Crippen molar-refractivity contribution >= 4 is 18.3 Å². The van der Waals surface area contributed by atoms with Crippen molar-refractivity contribution in [2.75, 3.05) is 13.1 Å². The first kappa shape index (κ1) is 24.9. The summed E-state index contributed by atoms with van der Waals surface area (Å²) in [5.41, 5.74) is 4.48. The number of nitrogens with zero attached hydrogens (tertiary/aromatic N) is 2. The van der Waals surface area contributed by atoms with Crippen LogP contribution in [0.4, 0.5) is 8.78 Å². The predicted molar refractivity (Wildman–Crippen MR) is 128 cm³/mol. The normalized spacial score (nSPS) is 17.9. The minimum atomic E-state index is -0.861. The molecule has 1 aromatic heterocycles. The highest BCUT2D eigenvalue weighted by atomic mass is 35.5. The average Bonchev–Trinajstić information content (AvgIpc) is 3.22. The molecule has 1 aliphatic heterocycles. The highest BCUT2D eigenvalue weighted by Gasteiger charge is 2.29. The van der Waals surface area contributed by atoms with Gasteiger partial charge in [0.25, 0.3) is 5.91 Å². The molecular weight excluding hydrogens is 446 g/mol. The summed E-state index contributed by atoms with van der Waals surface area (Å²) in [7, 11) is 1.90. The number of benzene rings is 2. The van der Waals surface area contributed by atoms with Crippen molar-refractivity contribution in [3.8, 4) is 11.3 Å². The Morgan fingerprint density at radius 3 is 2.70 bits per heavy atom. The Morgan fingerprint density at radius 1 is 1.18 bits per heavy atom. The Balaban J connectivity index is 0.00000306. The predicted octanol–water partition coefficient (Wildman–Crippen LogP) is 4.62. The molecule has 5 nitrogen and oxygen atoms in total. The molecule has 2 N–H and O–H groups in total. The number of hydrogen-bond acceptors (Lipinski definition) is 3. The molecule has 0 spiro atoms. The van der Waals surface area contributed by atoms with Crippen molar-refractivity contribution in [1.29, 1.82) is 0 Å². The molecule has 1 aliphatic rings. The minimum Gasteiger partial charge on any atom is -0.347 e. The Bertz CT molecular complexity index is 1120. The van der Waals surface area contributed by atoms with Crippen LogP contribution < -0.4 is 10.6 Å². The minimum absolute atomic E-state index is 0. The van der Waals surface area contributed by atoms with Crippen molar-refractivity contribution in [3.05, 3.63) is 77.0 Å². The lowest BCUT2D eigenvalue weighted by Gasteiger charge is -2.33. The van der Waals surface area contributed by atoms with E-state index in [-0.39, 0.29) is 30.3 Å². The molecule has 0 aliphatic carbocycles. The van der Waals surface area contributed by atoms with Gasteiger partial charge in [0.2, 0.25) is 0 Å². The Labute approximate surface area is 199 Å². The zero-order valence-electron chi connectivity index (χ0n) is 18.8. The van der Waals surface area contributed by atoms with Crippen LogP contribution in [0.2, 0.25) is 0 Å². The SMILES string of the molecule is CCCc1cc(C(=O)N[C@@H]2CNCC[C@H]2c2ccc(F)c(F)c2)ccc1-c1ccnn1C.Cl. The van der Waals surface area contributed by atoms with Gasteiger partial charge in [-0.05, 0) is 60.8 Å². The van der Waals surface area contributed by atoms with E-state index in [9.17, 15) is 13.6 Å². The van der Waals surface area contributed by atoms with E-state index in [2.05, 4.69) is 22.7 Å². The van der Waals surface area contributed by atoms with Gasteiger partial charge in [0.1, 0.15) is 0 Å². The number of nitrogens with one attached hydrogen (secondary N) is 2. The first-order chi connectivity index (χ1) is 15.5. The summed E-state index contributed by atoms with van der Waals surface area (Å²) >= 11 is 0. The van der Waals surface area contributed by atoms with Crippen LogP contribution in [0, 0.1) is 11.6 Å². The van der Waals surface area contributed by atoms with Crippen molar-refractivity contribution in [3.63, 3.8) is 0 Å². The molecule has 33 heavy (non-hydrogen) atoms. The van der Waals surface area contributed by atoms with E-state index in [1.165, 1.54) is 6.07 Å². The number of aryl methyl sites for hydroxylation is 2. The maximum Gasteiger partial charge on any atom is 0.251 e. The van der Waals surface area contributed by atoms with E-state index in [4.69, 9.17) is 0 Å². The van der Waals surface area contributed by atoms with Gasteiger partial charge in [-0.3, -0.25) is 9.48 Å². The second-order valence-electron chi connectivity index (χ2n) is 8.31. The molecule has 8 heteroatoms. The molecular formula is C25H29ClF2N4O. The summed E-state index contributed by atoms with van der Waals surface area (Å²) in [6.07, 6.45) is 4.31. The number of carbonyl (C=O) groups is 1. The van der Waals surface area contributed by atoms with E-state index < -0.39 is 11.6 Å². The lowest BCUT2D eigenvalue weighted by atomic mass is 9.85. The van der Waals surface area contributed by atoms with Gasteiger partial charge >= 0.3 is 0 Å². The fourth-order valence-corrected chi connectivity index (χ4v) is 4.50. The van der Waals surface area contributed by atoms with Gasteiger partial charge < -0.3 is 10.6 Å². The average molecular weight is 475 g/mol. The van der Waals surface area contributed by atoms with E-state index in [0.29, 0.717) is 17.7 Å². The first-order valence-electron chi connectivity index (χ1n) is 11.1. The maximum atomic E-state index is 13.8. The van der Waals surface area contributed by atoms with Crippen LogP contribution in [0.5, 0.6) is 0 Å². The highest BCUT2D eigenvalue weighted by molar-refractivity contribution is 5.95. The zero-order valence-corrected chi connectivity index (χ0v) is 19.6. The van der Waals surface area contributed by atoms with Crippen molar-refractivity contribution in [1.82, 2.24) is 20.4 Å². The van der Waals surface area contributed by atoms with Gasteiger partial charge in [-0.2, -0.15) is 5.10 Å². The number of amides is 1. The monoisotopic (exact) mass is 474 g/mol. The molecule has 2 heterocycles. The maximum absolute atomic E-state index is 13.8. The molecule has 1 amide bonds. The van der Waals surface area contributed by atoms with Gasteiger partial charge in [-0.1, -0.05) is 25.5 Å². The molecule has 1 fully saturated rings. The number of aromatic nitrogens is 2. The summed E-state index contributed by atoms with van der Waals surface area (Å²) in [4.78, 5) is 13.1. The van der Waals surface area contributed by atoms with Crippen LogP contribution in [0.25, 0.3) is 11.3 Å². The smallest absolute Gasteiger partial charge is 0.251 e. The fourth-order valence-electron chi connectivity index (χ4n) is 4.50. The number of rotatable bonds is 6. The van der Waals surface area contributed by atoms with E-state index in [0.717, 1.165) is 48.7 Å². The fraction of sp³-hybridized carbons (Fsp3) is 0.360. The van der Waals surface area contributed by atoms with Crippen molar-refractivity contribution in [2.45, 2.75) is 38.1 Å². The molecule has 2 aromatic carbocycles. The van der Waals surface area contributed by atoms with E-state index in [1.807, 2.05) is 36.0 Å². The molecule has 4 rings (SSSR count). The zero-order chi connectivity index (χ0) is 22.7. The molecule has 0 bridgehead atoms. The molecule has 0 radical (unpaired) electrons. The summed E-state index contributed by atoms with van der Waals surface area (Å²) in [5.74, 6) is -1.97. The van der Waals surface area contributed by atoms with Crippen LogP contribution in [0.1, 0.15) is 47.2 Å². The topological polar surface area (TPSA) is 59.0 Å². The van der Waals surface area contributed by atoms with Gasteiger partial charge in [0.15, 0.2) is 11.6 Å². The Hall–Kier alpha value is -2.77. The first-order valence-corrected chi connectivity index (χ1v) is 11.1. The number of halogens is 3. The van der Waals surface area contributed by atoms with Crippen molar-refractivity contribution < 1.29 is 13.6 Å². The lowest BCUT2D eigenvalue weighted by Crippen LogP contribution is -2.50. The third-order valence-corrected chi connectivity index (χ3v) is 6.15. The quantitative estimate of drug-likeness (QED) is 0.548. The third kappa shape index (κ3) is 5.42. The van der Waals surface area contributed by atoms with Crippen LogP contribution in [0.15, 0.2) is 48.7 Å². The standard InChI is InChI=1S/C25H28F2N4O.ClH/c1-3-4-16-13-18(5-7-20(16)24-10-12-29-31(24)2)25(32)30-23-15-28-11-9-19(23)17-6-8-21(26)22(27)14-17;/h5-8,10,12-14,19,23,28H,3-4,9,11,15H2,1-2H3,(H,30,32);1H/t19-,23+;/m0./s1. The van der Waals surface area contributed by atoms with E-state index in [1.54, 1.807) is 12.3 Å². The number of hydrogen-bond donors (Lipinski definition) is 2. The van der Waals surface area contributed by atoms with Crippen LogP contribution in [-0.4, -0.2) is 34.8 Å². The number of piperidine rings is 1. The molecule has 2 atom stereocenters. The summed E-state index contributed by atoms with van der Waals surface area (Å²) < 4.78 is 29.0. The summed E-state index contributed by atoms with van der Waals surface area (Å²) in [5, 5.41) is 10.7. The largest absolute Gasteiger partial charge is 0.347 e.